The van der Waals surface area contributed by atoms with Crippen molar-refractivity contribution in [3.63, 3.8) is 0 Å². The maximum absolute atomic E-state index is 11.5. The van der Waals surface area contributed by atoms with Crippen LogP contribution in [-0.4, -0.2) is 9.97 Å². The Balaban J connectivity index is 2.32. The zero-order valence-electron chi connectivity index (χ0n) is 9.03. The molecule has 4 nitrogen and oxygen atoms in total. The number of fused-ring (bicyclic) bond motifs is 3. The minimum Gasteiger partial charge on any atom is -0.324 e. The van der Waals surface area contributed by atoms with E-state index in [4.69, 9.17) is 5.26 Å². The SMILES string of the molecule is N#Cc1cc2c([nH]c1=O)CCc1ccncc1-2. The van der Waals surface area contributed by atoms with Crippen LogP contribution in [0.15, 0.2) is 29.3 Å². The van der Waals surface area contributed by atoms with Gasteiger partial charge in [0.15, 0.2) is 0 Å². The van der Waals surface area contributed by atoms with Crippen molar-refractivity contribution in [3.8, 4) is 17.2 Å². The Morgan fingerprint density at radius 3 is 3.06 bits per heavy atom. The predicted molar refractivity (Wildman–Crippen MR) is 62.4 cm³/mol. The van der Waals surface area contributed by atoms with Crippen LogP contribution in [0.3, 0.4) is 0 Å². The first-order valence-electron chi connectivity index (χ1n) is 5.39. The van der Waals surface area contributed by atoms with Gasteiger partial charge in [0.2, 0.25) is 0 Å². The van der Waals surface area contributed by atoms with Crippen molar-refractivity contribution < 1.29 is 0 Å². The van der Waals surface area contributed by atoms with Gasteiger partial charge in [-0.25, -0.2) is 0 Å². The minimum atomic E-state index is -0.307. The van der Waals surface area contributed by atoms with Crippen molar-refractivity contribution >= 4 is 0 Å². The number of nitrogens with zero attached hydrogens (tertiary/aromatic N) is 2. The van der Waals surface area contributed by atoms with Gasteiger partial charge in [0, 0.05) is 29.2 Å². The minimum absolute atomic E-state index is 0.153. The van der Waals surface area contributed by atoms with Crippen molar-refractivity contribution in [1.82, 2.24) is 9.97 Å². The van der Waals surface area contributed by atoms with E-state index < -0.39 is 0 Å². The Hall–Kier alpha value is -2.41. The van der Waals surface area contributed by atoms with Gasteiger partial charge in [0.25, 0.3) is 5.56 Å². The first-order valence-corrected chi connectivity index (χ1v) is 5.39. The number of nitriles is 1. The molecule has 0 amide bonds. The summed E-state index contributed by atoms with van der Waals surface area (Å²) in [6.45, 7) is 0. The van der Waals surface area contributed by atoms with Gasteiger partial charge >= 0.3 is 0 Å². The normalized spacial score (nSPS) is 12.4. The first-order chi connectivity index (χ1) is 8.29. The molecular formula is C13H9N3O. The van der Waals surface area contributed by atoms with E-state index in [-0.39, 0.29) is 11.1 Å². The molecule has 3 rings (SSSR count). The quantitative estimate of drug-likeness (QED) is 0.734. The molecule has 2 heterocycles. The number of aryl methyl sites for hydroxylation is 2. The third-order valence-corrected chi connectivity index (χ3v) is 3.09. The van der Waals surface area contributed by atoms with E-state index in [0.29, 0.717) is 0 Å². The van der Waals surface area contributed by atoms with E-state index >= 15 is 0 Å². The molecule has 1 aliphatic carbocycles. The molecule has 82 valence electrons. The molecule has 0 radical (unpaired) electrons. The molecule has 0 saturated heterocycles. The van der Waals surface area contributed by atoms with Gasteiger partial charge in [0.05, 0.1) is 0 Å². The van der Waals surface area contributed by atoms with Crippen LogP contribution in [0.1, 0.15) is 16.8 Å². The fraction of sp³-hybridized carbons (Fsp3) is 0.154. The molecule has 0 aromatic carbocycles. The largest absolute Gasteiger partial charge is 0.324 e. The fourth-order valence-corrected chi connectivity index (χ4v) is 2.23. The Kier molecular flexibility index (Phi) is 2.05. The number of pyridine rings is 2. The highest BCUT2D eigenvalue weighted by molar-refractivity contribution is 5.71. The molecule has 0 aliphatic heterocycles. The Morgan fingerprint density at radius 2 is 2.24 bits per heavy atom. The topological polar surface area (TPSA) is 69.5 Å². The lowest BCUT2D eigenvalue weighted by atomic mass is 9.89. The lowest BCUT2D eigenvalue weighted by Crippen LogP contribution is -2.17. The Labute approximate surface area is 97.6 Å². The van der Waals surface area contributed by atoms with E-state index in [1.165, 1.54) is 5.56 Å². The van der Waals surface area contributed by atoms with Crippen molar-refractivity contribution in [2.45, 2.75) is 12.8 Å². The molecule has 1 aliphatic rings. The summed E-state index contributed by atoms with van der Waals surface area (Å²) in [5.74, 6) is 0. The van der Waals surface area contributed by atoms with E-state index in [2.05, 4.69) is 9.97 Å². The van der Waals surface area contributed by atoms with Crippen LogP contribution < -0.4 is 5.56 Å². The molecule has 4 heteroatoms. The maximum Gasteiger partial charge on any atom is 0.266 e. The van der Waals surface area contributed by atoms with Crippen LogP contribution in [0, 0.1) is 11.3 Å². The lowest BCUT2D eigenvalue weighted by molar-refractivity contribution is 0.882. The lowest BCUT2D eigenvalue weighted by Gasteiger charge is -2.18. The number of rotatable bonds is 0. The van der Waals surface area contributed by atoms with Crippen LogP contribution in [-0.2, 0) is 12.8 Å². The summed E-state index contributed by atoms with van der Waals surface area (Å²) in [4.78, 5) is 18.4. The third-order valence-electron chi connectivity index (χ3n) is 3.09. The second-order valence-electron chi connectivity index (χ2n) is 4.05. The van der Waals surface area contributed by atoms with Gasteiger partial charge in [-0.2, -0.15) is 5.26 Å². The van der Waals surface area contributed by atoms with Crippen molar-refractivity contribution in [2.24, 2.45) is 0 Å². The Morgan fingerprint density at radius 1 is 1.35 bits per heavy atom. The summed E-state index contributed by atoms with van der Waals surface area (Å²) in [5, 5.41) is 8.88. The summed E-state index contributed by atoms with van der Waals surface area (Å²) < 4.78 is 0. The van der Waals surface area contributed by atoms with Crippen molar-refractivity contribution in [1.29, 1.82) is 5.26 Å². The van der Waals surface area contributed by atoms with Crippen LogP contribution in [0.4, 0.5) is 0 Å². The Bertz CT molecular complexity index is 695. The van der Waals surface area contributed by atoms with E-state index in [1.54, 1.807) is 18.5 Å². The summed E-state index contributed by atoms with van der Waals surface area (Å²) in [5.41, 5.74) is 3.90. The summed E-state index contributed by atoms with van der Waals surface area (Å²) in [6.07, 6.45) is 5.24. The molecule has 2 aromatic heterocycles. The van der Waals surface area contributed by atoms with Gasteiger partial charge in [-0.1, -0.05) is 0 Å². The van der Waals surface area contributed by atoms with Crippen LogP contribution >= 0.6 is 0 Å². The van der Waals surface area contributed by atoms with E-state index in [9.17, 15) is 4.79 Å². The number of aromatic amines is 1. The zero-order chi connectivity index (χ0) is 11.8. The molecule has 0 saturated carbocycles. The molecule has 0 atom stereocenters. The zero-order valence-corrected chi connectivity index (χ0v) is 9.03. The van der Waals surface area contributed by atoms with E-state index in [1.807, 2.05) is 12.1 Å². The number of H-pyrrole nitrogens is 1. The highest BCUT2D eigenvalue weighted by Gasteiger charge is 2.18. The highest BCUT2D eigenvalue weighted by Crippen LogP contribution is 2.31. The maximum atomic E-state index is 11.5. The standard InChI is InChI=1S/C13H9N3O/c14-6-9-5-10-11-7-15-4-3-8(11)1-2-12(10)16-13(9)17/h3-5,7H,1-2H2,(H,16,17). The summed E-state index contributed by atoms with van der Waals surface area (Å²) in [6, 6.07) is 5.55. The molecular weight excluding hydrogens is 214 g/mol. The summed E-state index contributed by atoms with van der Waals surface area (Å²) in [7, 11) is 0. The second-order valence-corrected chi connectivity index (χ2v) is 4.05. The average molecular weight is 223 g/mol. The van der Waals surface area contributed by atoms with Crippen molar-refractivity contribution in [3.05, 3.63) is 51.7 Å². The number of hydrogen-bond acceptors (Lipinski definition) is 3. The van der Waals surface area contributed by atoms with Crippen LogP contribution in [0.25, 0.3) is 11.1 Å². The molecule has 0 bridgehead atoms. The predicted octanol–water partition coefficient (Wildman–Crippen LogP) is 1.41. The molecule has 0 fully saturated rings. The number of hydrogen-bond donors (Lipinski definition) is 1. The van der Waals surface area contributed by atoms with Crippen LogP contribution in [0.5, 0.6) is 0 Å². The van der Waals surface area contributed by atoms with E-state index in [0.717, 1.165) is 29.7 Å². The second kappa shape index (κ2) is 3.56. The number of aromatic nitrogens is 2. The molecule has 2 aromatic rings. The molecule has 0 unspecified atom stereocenters. The van der Waals surface area contributed by atoms with Crippen molar-refractivity contribution in [2.75, 3.05) is 0 Å². The average Bonchev–Trinajstić information content (AvgIpc) is 2.37. The fourth-order valence-electron chi connectivity index (χ4n) is 2.23. The monoisotopic (exact) mass is 223 g/mol. The van der Waals surface area contributed by atoms with Crippen LogP contribution in [0.2, 0.25) is 0 Å². The number of nitrogens with one attached hydrogen (secondary N) is 1. The van der Waals surface area contributed by atoms with Gasteiger partial charge < -0.3 is 4.98 Å². The first kappa shape index (κ1) is 9.79. The van der Waals surface area contributed by atoms with Gasteiger partial charge in [0.1, 0.15) is 11.6 Å². The summed E-state index contributed by atoms with van der Waals surface area (Å²) >= 11 is 0. The smallest absolute Gasteiger partial charge is 0.266 e. The van der Waals surface area contributed by atoms with Gasteiger partial charge in [-0.05, 0) is 30.5 Å². The molecule has 0 spiro atoms. The van der Waals surface area contributed by atoms with Gasteiger partial charge in [-0.3, -0.25) is 9.78 Å². The highest BCUT2D eigenvalue weighted by atomic mass is 16.1. The molecule has 17 heavy (non-hydrogen) atoms. The van der Waals surface area contributed by atoms with Gasteiger partial charge in [-0.15, -0.1) is 0 Å². The third kappa shape index (κ3) is 1.44. The molecule has 1 N–H and O–H groups in total.